The minimum Gasteiger partial charge on any atom is -0.357 e. The number of allylic oxidation sites excluding steroid dienone is 2. The highest BCUT2D eigenvalue weighted by Gasteiger charge is 2.10. The Morgan fingerprint density at radius 2 is 1.75 bits per heavy atom. The minimum absolute atomic E-state index is 0.245. The summed E-state index contributed by atoms with van der Waals surface area (Å²) in [7, 11) is 0. The van der Waals surface area contributed by atoms with Gasteiger partial charge in [0, 0.05) is 52.2 Å². The molecule has 8 heteroatoms. The van der Waals surface area contributed by atoms with Crippen LogP contribution in [-0.2, 0) is 0 Å². The van der Waals surface area contributed by atoms with E-state index < -0.39 is 5.82 Å². The van der Waals surface area contributed by atoms with Gasteiger partial charge in [-0.25, -0.2) is 13.8 Å². The zero-order valence-corrected chi connectivity index (χ0v) is 19.2. The van der Waals surface area contributed by atoms with E-state index in [1.165, 1.54) is 30.5 Å². The van der Waals surface area contributed by atoms with Gasteiger partial charge in [-0.15, -0.1) is 0 Å². The first kappa shape index (κ1) is 24.1. The van der Waals surface area contributed by atoms with Crippen molar-refractivity contribution in [3.63, 3.8) is 0 Å². The van der Waals surface area contributed by atoms with Crippen molar-refractivity contribution >= 4 is 45.8 Å². The van der Waals surface area contributed by atoms with Crippen LogP contribution >= 0.6 is 0 Å². The second-order valence-electron chi connectivity index (χ2n) is 7.75. The maximum atomic E-state index is 14.5. The lowest BCUT2D eigenvalue weighted by atomic mass is 10.1. The summed E-state index contributed by atoms with van der Waals surface area (Å²) in [6, 6.07) is 19.3. The average molecular weight is 482 g/mol. The Kier molecular flexibility index (Phi) is 7.32. The van der Waals surface area contributed by atoms with E-state index >= 15 is 0 Å². The smallest absolute Gasteiger partial charge is 0.255 e. The number of hydrogen-bond donors (Lipinski definition) is 3. The molecular formula is C28H21F2N5O. The number of carbonyl (C=O) groups is 1. The van der Waals surface area contributed by atoms with Crippen molar-refractivity contribution in [2.45, 2.75) is 6.92 Å². The van der Waals surface area contributed by atoms with E-state index in [1.54, 1.807) is 61.7 Å². The number of anilines is 4. The van der Waals surface area contributed by atoms with Gasteiger partial charge in [0.15, 0.2) is 0 Å². The van der Waals surface area contributed by atoms with Crippen LogP contribution in [0.4, 0.5) is 31.5 Å². The minimum atomic E-state index is -0.532. The van der Waals surface area contributed by atoms with Gasteiger partial charge in [0.1, 0.15) is 11.6 Å². The summed E-state index contributed by atoms with van der Waals surface area (Å²) in [6.07, 6.45) is 9.72. The van der Waals surface area contributed by atoms with Crippen molar-refractivity contribution in [1.82, 2.24) is 4.98 Å². The van der Waals surface area contributed by atoms with Crippen molar-refractivity contribution < 1.29 is 13.6 Å². The highest BCUT2D eigenvalue weighted by atomic mass is 19.1. The number of benzene rings is 3. The summed E-state index contributed by atoms with van der Waals surface area (Å²) in [5.41, 5.74) is 3.65. The van der Waals surface area contributed by atoms with Crippen molar-refractivity contribution in [1.29, 1.82) is 0 Å². The molecule has 1 amide bonds. The molecule has 0 aliphatic carbocycles. The summed E-state index contributed by atoms with van der Waals surface area (Å²) in [4.78, 5) is 20.5. The fourth-order valence-corrected chi connectivity index (χ4v) is 3.43. The fraction of sp³-hybridized carbons (Fsp3) is 0.0357. The highest BCUT2D eigenvalue weighted by Crippen LogP contribution is 2.26. The first-order valence-corrected chi connectivity index (χ1v) is 10.9. The summed E-state index contributed by atoms with van der Waals surface area (Å²) in [5, 5.41) is 9.45. The third-order valence-corrected chi connectivity index (χ3v) is 5.16. The summed E-state index contributed by atoms with van der Waals surface area (Å²) in [6.45, 7) is 1.74. The molecule has 4 rings (SSSR count). The molecular weight excluding hydrogens is 460 g/mol. The van der Waals surface area contributed by atoms with E-state index in [4.69, 9.17) is 6.42 Å². The number of aliphatic imine (C=N–C) groups is 1. The van der Waals surface area contributed by atoms with Crippen LogP contribution in [0.1, 0.15) is 17.3 Å². The Balaban J connectivity index is 1.42. The van der Waals surface area contributed by atoms with Gasteiger partial charge in [-0.3, -0.25) is 9.78 Å². The normalized spacial score (nSPS) is 11.3. The summed E-state index contributed by atoms with van der Waals surface area (Å²) < 4.78 is 28.2. The van der Waals surface area contributed by atoms with E-state index in [2.05, 4.69) is 32.0 Å². The van der Waals surface area contributed by atoms with Gasteiger partial charge in [-0.1, -0.05) is 6.42 Å². The standard InChI is InChI=1S/C28H21F2N5O/c1-3-31-14-12-18(2)33-27-11-9-22(17-24(27)30)35-28(36)19-4-7-21(8-5-19)34-26-13-15-32-25-10-6-20(29)16-23(25)26/h1,4-17,33H,2H3,(H,32,34)(H,35,36)/b18-12+,31-14?. The predicted octanol–water partition coefficient (Wildman–Crippen LogP) is 6.49. The molecule has 0 unspecified atom stereocenters. The lowest BCUT2D eigenvalue weighted by Gasteiger charge is -2.11. The largest absolute Gasteiger partial charge is 0.357 e. The topological polar surface area (TPSA) is 78.4 Å². The summed E-state index contributed by atoms with van der Waals surface area (Å²) >= 11 is 0. The van der Waals surface area contributed by atoms with Crippen LogP contribution in [0, 0.1) is 24.1 Å². The Morgan fingerprint density at radius 3 is 2.50 bits per heavy atom. The van der Waals surface area contributed by atoms with Crippen molar-refractivity contribution in [3.8, 4) is 12.5 Å². The number of terminal acetylenes is 1. The molecule has 0 atom stereocenters. The van der Waals surface area contributed by atoms with E-state index in [0.29, 0.717) is 39.2 Å². The highest BCUT2D eigenvalue weighted by molar-refractivity contribution is 6.04. The van der Waals surface area contributed by atoms with Crippen LogP contribution in [0.25, 0.3) is 10.9 Å². The van der Waals surface area contributed by atoms with Crippen molar-refractivity contribution in [3.05, 3.63) is 102 Å². The molecule has 4 aromatic rings. The maximum Gasteiger partial charge on any atom is 0.255 e. The number of pyridine rings is 1. The number of fused-ring (bicyclic) bond motifs is 1. The number of carbonyl (C=O) groups excluding carboxylic acids is 1. The monoisotopic (exact) mass is 481 g/mol. The van der Waals surface area contributed by atoms with Crippen LogP contribution in [0.5, 0.6) is 0 Å². The molecule has 0 radical (unpaired) electrons. The molecule has 0 saturated heterocycles. The van der Waals surface area contributed by atoms with Gasteiger partial charge in [0.25, 0.3) is 5.91 Å². The molecule has 0 bridgehead atoms. The number of nitrogens with one attached hydrogen (secondary N) is 3. The van der Waals surface area contributed by atoms with Crippen LogP contribution in [0.2, 0.25) is 0 Å². The molecule has 0 saturated carbocycles. The third kappa shape index (κ3) is 5.90. The molecule has 1 aromatic heterocycles. The molecule has 6 nitrogen and oxygen atoms in total. The lowest BCUT2D eigenvalue weighted by Crippen LogP contribution is -2.12. The van der Waals surface area contributed by atoms with Gasteiger partial charge in [0.05, 0.1) is 11.2 Å². The molecule has 0 aliphatic rings. The van der Waals surface area contributed by atoms with Crippen LogP contribution in [0.3, 0.4) is 0 Å². The van der Waals surface area contributed by atoms with Gasteiger partial charge >= 0.3 is 0 Å². The Hall–Kier alpha value is -5.03. The van der Waals surface area contributed by atoms with E-state index in [0.717, 1.165) is 0 Å². The van der Waals surface area contributed by atoms with Crippen molar-refractivity contribution in [2.24, 2.45) is 4.99 Å². The number of rotatable bonds is 7. The second kappa shape index (κ2) is 10.9. The zero-order valence-electron chi connectivity index (χ0n) is 19.2. The first-order valence-electron chi connectivity index (χ1n) is 10.9. The van der Waals surface area contributed by atoms with Gasteiger partial charge in [-0.2, -0.15) is 0 Å². The van der Waals surface area contributed by atoms with Crippen LogP contribution in [-0.4, -0.2) is 17.1 Å². The molecule has 0 spiro atoms. The molecule has 0 aliphatic heterocycles. The number of hydrogen-bond acceptors (Lipinski definition) is 5. The molecule has 0 fully saturated rings. The van der Waals surface area contributed by atoms with Crippen molar-refractivity contribution in [2.75, 3.05) is 16.0 Å². The first-order chi connectivity index (χ1) is 17.4. The molecule has 36 heavy (non-hydrogen) atoms. The lowest BCUT2D eigenvalue weighted by molar-refractivity contribution is 0.102. The Bertz CT molecular complexity index is 1520. The average Bonchev–Trinajstić information content (AvgIpc) is 2.86. The number of amides is 1. The fourth-order valence-electron chi connectivity index (χ4n) is 3.43. The second-order valence-corrected chi connectivity index (χ2v) is 7.75. The van der Waals surface area contributed by atoms with E-state index in [1.807, 2.05) is 0 Å². The molecule has 3 aromatic carbocycles. The predicted molar refractivity (Wildman–Crippen MR) is 140 cm³/mol. The van der Waals surface area contributed by atoms with Crippen LogP contribution < -0.4 is 16.0 Å². The van der Waals surface area contributed by atoms with Gasteiger partial charge in [-0.05, 0) is 79.7 Å². The van der Waals surface area contributed by atoms with Gasteiger partial charge in [0.2, 0.25) is 0 Å². The van der Waals surface area contributed by atoms with E-state index in [9.17, 15) is 13.6 Å². The third-order valence-electron chi connectivity index (χ3n) is 5.16. The Labute approximate surface area is 206 Å². The molecule has 178 valence electrons. The number of halogens is 2. The van der Waals surface area contributed by atoms with Gasteiger partial charge < -0.3 is 16.0 Å². The number of aromatic nitrogens is 1. The zero-order chi connectivity index (χ0) is 25.5. The van der Waals surface area contributed by atoms with E-state index in [-0.39, 0.29) is 17.4 Å². The number of nitrogens with zero attached hydrogens (tertiary/aromatic N) is 2. The SMILES string of the molecule is C#CN=C/C=C(\C)Nc1ccc(NC(=O)c2ccc(Nc3ccnc4ccc(F)cc34)cc2)cc1F. The quantitative estimate of drug-likeness (QED) is 0.208. The Morgan fingerprint density at radius 1 is 0.972 bits per heavy atom. The van der Waals surface area contributed by atoms with Crippen LogP contribution in [0.15, 0.2) is 89.7 Å². The maximum absolute atomic E-state index is 14.5. The molecule has 3 N–H and O–H groups in total. The molecule has 1 heterocycles. The summed E-state index contributed by atoms with van der Waals surface area (Å²) in [5.74, 6) is -1.28.